The summed E-state index contributed by atoms with van der Waals surface area (Å²) in [5.74, 6) is -0.00962. The molecule has 3 heteroatoms. The van der Waals surface area contributed by atoms with Gasteiger partial charge in [-0.1, -0.05) is 20.4 Å². The van der Waals surface area contributed by atoms with Gasteiger partial charge >= 0.3 is 0 Å². The molecule has 0 saturated heterocycles. The molecule has 2 unspecified atom stereocenters. The van der Waals surface area contributed by atoms with E-state index in [0.717, 1.165) is 12.8 Å². The fourth-order valence-electron chi connectivity index (χ4n) is 1.97. The van der Waals surface area contributed by atoms with E-state index in [2.05, 4.69) is 20.4 Å². The van der Waals surface area contributed by atoms with Gasteiger partial charge in [0, 0.05) is 6.61 Å². The molecule has 0 N–H and O–H groups in total. The monoisotopic (exact) mass is 270 g/mol. The smallest absolute Gasteiger partial charge is 0.189 e. The summed E-state index contributed by atoms with van der Waals surface area (Å²) >= 11 is 0. The highest BCUT2D eigenvalue weighted by molar-refractivity contribution is 6.00. The van der Waals surface area contributed by atoms with E-state index in [1.165, 1.54) is 0 Å². The summed E-state index contributed by atoms with van der Waals surface area (Å²) in [6.45, 7) is 16.7. The third-order valence-corrected chi connectivity index (χ3v) is 3.83. The van der Waals surface area contributed by atoms with Crippen LogP contribution in [0.1, 0.15) is 60.8 Å². The van der Waals surface area contributed by atoms with Crippen molar-refractivity contribution in [1.82, 2.24) is 0 Å². The fraction of sp³-hybridized carbons (Fsp3) is 0.812. The van der Waals surface area contributed by atoms with Gasteiger partial charge in [-0.3, -0.25) is 4.79 Å². The minimum Gasteiger partial charge on any atom is -0.375 e. The minimum absolute atomic E-state index is 0.00962. The van der Waals surface area contributed by atoms with E-state index >= 15 is 0 Å². The Morgan fingerprint density at radius 1 is 1.11 bits per heavy atom. The lowest BCUT2D eigenvalue weighted by atomic mass is 9.93. The van der Waals surface area contributed by atoms with Crippen LogP contribution in [0.15, 0.2) is 12.2 Å². The Morgan fingerprint density at radius 3 is 2.05 bits per heavy atom. The zero-order valence-corrected chi connectivity index (χ0v) is 13.5. The first-order chi connectivity index (χ1) is 8.74. The Bertz CT molecular complexity index is 311. The molecule has 0 heterocycles. The van der Waals surface area contributed by atoms with Gasteiger partial charge in [0.25, 0.3) is 0 Å². The number of carbonyl (C=O) groups is 1. The molecule has 0 aromatic rings. The van der Waals surface area contributed by atoms with Gasteiger partial charge in [-0.2, -0.15) is 0 Å². The molecule has 0 spiro atoms. The zero-order valence-electron chi connectivity index (χ0n) is 13.5. The van der Waals surface area contributed by atoms with Crippen molar-refractivity contribution >= 4 is 5.78 Å². The topological polar surface area (TPSA) is 35.5 Å². The van der Waals surface area contributed by atoms with Gasteiger partial charge in [-0.05, 0) is 52.5 Å². The van der Waals surface area contributed by atoms with E-state index in [0.29, 0.717) is 25.2 Å². The molecule has 19 heavy (non-hydrogen) atoms. The largest absolute Gasteiger partial charge is 0.375 e. The van der Waals surface area contributed by atoms with Crippen LogP contribution in [0.3, 0.4) is 0 Å². The molecule has 0 aliphatic heterocycles. The highest BCUT2D eigenvalue weighted by Crippen LogP contribution is 2.24. The Kier molecular flexibility index (Phi) is 7.53. The van der Waals surface area contributed by atoms with Gasteiger partial charge in [0.05, 0.1) is 12.2 Å². The summed E-state index contributed by atoms with van der Waals surface area (Å²) in [5.41, 5.74) is -0.380. The number of hydrogen-bond acceptors (Lipinski definition) is 3. The summed E-state index contributed by atoms with van der Waals surface area (Å²) in [4.78, 5) is 12.1. The molecule has 2 atom stereocenters. The van der Waals surface area contributed by atoms with Gasteiger partial charge in [0.15, 0.2) is 5.78 Å². The van der Waals surface area contributed by atoms with E-state index in [9.17, 15) is 4.79 Å². The Balaban J connectivity index is 4.52. The molecule has 0 aromatic heterocycles. The van der Waals surface area contributed by atoms with Crippen molar-refractivity contribution in [3.8, 4) is 0 Å². The molecule has 0 aliphatic rings. The lowest BCUT2D eigenvalue weighted by Gasteiger charge is -2.32. The van der Waals surface area contributed by atoms with Crippen LogP contribution in [0.25, 0.3) is 0 Å². The average Bonchev–Trinajstić information content (AvgIpc) is 2.37. The van der Waals surface area contributed by atoms with Crippen molar-refractivity contribution in [2.75, 3.05) is 13.2 Å². The van der Waals surface area contributed by atoms with Crippen LogP contribution in [0.2, 0.25) is 0 Å². The van der Waals surface area contributed by atoms with E-state index in [-0.39, 0.29) is 11.4 Å². The predicted molar refractivity (Wildman–Crippen MR) is 79.4 cm³/mol. The van der Waals surface area contributed by atoms with Crippen LogP contribution < -0.4 is 0 Å². The molecule has 112 valence electrons. The first kappa shape index (κ1) is 18.3. The first-order valence-corrected chi connectivity index (χ1v) is 7.23. The molecule has 0 fully saturated rings. The molecule has 0 bridgehead atoms. The highest BCUT2D eigenvalue weighted by Gasteiger charge is 2.33. The third kappa shape index (κ3) is 5.45. The number of carbonyl (C=O) groups excluding carboxylic acids is 1. The Labute approximate surface area is 118 Å². The molecule has 0 radical (unpaired) electrons. The van der Waals surface area contributed by atoms with Gasteiger partial charge in [0.1, 0.15) is 5.60 Å². The van der Waals surface area contributed by atoms with Crippen molar-refractivity contribution in [2.24, 2.45) is 0 Å². The van der Waals surface area contributed by atoms with Crippen LogP contribution in [-0.2, 0) is 14.3 Å². The molecular formula is C16H30O3. The van der Waals surface area contributed by atoms with Crippen molar-refractivity contribution in [3.63, 3.8) is 0 Å². The van der Waals surface area contributed by atoms with Crippen LogP contribution in [0.4, 0.5) is 0 Å². The number of Topliss-reactive ketones (excluding diaryl/α,β-unsaturated/α-hetero) is 1. The van der Waals surface area contributed by atoms with Gasteiger partial charge in [-0.25, -0.2) is 0 Å². The van der Waals surface area contributed by atoms with Crippen molar-refractivity contribution < 1.29 is 14.3 Å². The van der Waals surface area contributed by atoms with Gasteiger partial charge < -0.3 is 9.47 Å². The summed E-state index contributed by atoms with van der Waals surface area (Å²) in [7, 11) is 0. The lowest BCUT2D eigenvalue weighted by Crippen LogP contribution is -2.40. The van der Waals surface area contributed by atoms with Crippen LogP contribution in [-0.4, -0.2) is 30.2 Å². The van der Waals surface area contributed by atoms with Crippen LogP contribution in [0.5, 0.6) is 0 Å². The standard InChI is InChI=1S/C16H30O3/c1-8-15(6,18-10-3)11-12-19-16(7,9-2)14(17)13(4)5/h4,8-12H2,1-3,5-7H3. The molecule has 0 aromatic carbocycles. The fourth-order valence-corrected chi connectivity index (χ4v) is 1.97. The normalized spacial score (nSPS) is 17.6. The number of hydrogen-bond donors (Lipinski definition) is 0. The van der Waals surface area contributed by atoms with Crippen molar-refractivity contribution in [2.45, 2.75) is 72.0 Å². The molecule has 0 aliphatic carbocycles. The van der Waals surface area contributed by atoms with E-state index in [4.69, 9.17) is 9.47 Å². The Hall–Kier alpha value is -0.670. The van der Waals surface area contributed by atoms with Gasteiger partial charge in [-0.15, -0.1) is 0 Å². The van der Waals surface area contributed by atoms with Crippen LogP contribution >= 0.6 is 0 Å². The molecule has 0 amide bonds. The van der Waals surface area contributed by atoms with E-state index in [1.54, 1.807) is 6.92 Å². The minimum atomic E-state index is -0.757. The zero-order chi connectivity index (χ0) is 15.1. The molecule has 3 nitrogen and oxygen atoms in total. The lowest BCUT2D eigenvalue weighted by molar-refractivity contribution is -0.142. The first-order valence-electron chi connectivity index (χ1n) is 7.23. The predicted octanol–water partition coefficient (Wildman–Crippen LogP) is 3.91. The van der Waals surface area contributed by atoms with Crippen molar-refractivity contribution in [3.05, 3.63) is 12.2 Å². The van der Waals surface area contributed by atoms with Crippen molar-refractivity contribution in [1.29, 1.82) is 0 Å². The highest BCUT2D eigenvalue weighted by atomic mass is 16.5. The summed E-state index contributed by atoms with van der Waals surface area (Å²) in [5, 5.41) is 0. The summed E-state index contributed by atoms with van der Waals surface area (Å²) in [6.07, 6.45) is 2.37. The third-order valence-electron chi connectivity index (χ3n) is 3.83. The van der Waals surface area contributed by atoms with E-state index in [1.807, 2.05) is 20.8 Å². The maximum atomic E-state index is 12.1. The molecular weight excluding hydrogens is 240 g/mol. The van der Waals surface area contributed by atoms with Gasteiger partial charge in [0.2, 0.25) is 0 Å². The van der Waals surface area contributed by atoms with Crippen LogP contribution in [0, 0.1) is 0 Å². The molecule has 0 saturated carbocycles. The average molecular weight is 270 g/mol. The quantitative estimate of drug-likeness (QED) is 0.565. The summed E-state index contributed by atoms with van der Waals surface area (Å²) < 4.78 is 11.6. The molecule has 0 rings (SSSR count). The van der Waals surface area contributed by atoms with E-state index < -0.39 is 5.60 Å². The summed E-state index contributed by atoms with van der Waals surface area (Å²) in [6, 6.07) is 0. The maximum absolute atomic E-state index is 12.1. The Morgan fingerprint density at radius 2 is 1.68 bits per heavy atom. The maximum Gasteiger partial charge on any atom is 0.189 e. The SMILES string of the molecule is C=C(C)C(=O)C(C)(CC)OCCC(C)(CC)OCC. The number of ether oxygens (including phenoxy) is 2. The number of rotatable bonds is 10. The second kappa shape index (κ2) is 7.81. The number of ketones is 1. The second-order valence-corrected chi connectivity index (χ2v) is 5.53. The second-order valence-electron chi connectivity index (χ2n) is 5.53.